The minimum Gasteiger partial charge on any atom is -0.506 e. The fraction of sp³-hybridized carbons (Fsp3) is 0.474. The average Bonchev–Trinajstić information content (AvgIpc) is 3.15. The van der Waals surface area contributed by atoms with Crippen LogP contribution in [0.15, 0.2) is 48.0 Å². The van der Waals surface area contributed by atoms with Crippen molar-refractivity contribution in [2.75, 3.05) is 11.9 Å². The molecule has 25 heavy (non-hydrogen) atoms. The number of aromatic hydroxyl groups is 1. The third kappa shape index (κ3) is 5.52. The summed E-state index contributed by atoms with van der Waals surface area (Å²) in [7, 11) is 0. The first-order chi connectivity index (χ1) is 12.3. The summed E-state index contributed by atoms with van der Waals surface area (Å²) in [6, 6.07) is 7.72. The lowest BCUT2D eigenvalue weighted by Gasteiger charge is -2.25. The number of guanidine groups is 1. The highest BCUT2D eigenvalue weighted by atomic mass is 16.3. The standard InChI is InChI=1S/C19H27N5O/c25-18-10-5-4-9-17(18)23-19(22-16-7-2-1-3-8-16)21-11-6-13-24-14-12-20-15-24/h4-5,9-10,12,14-16,25H,1-3,6-8,11,13H2,(H2,21,22,23). The number of imidazole rings is 1. The van der Waals surface area contributed by atoms with Gasteiger partial charge in [-0.15, -0.1) is 0 Å². The summed E-state index contributed by atoms with van der Waals surface area (Å²) in [6.07, 6.45) is 12.7. The van der Waals surface area contributed by atoms with E-state index in [0.717, 1.165) is 18.9 Å². The smallest absolute Gasteiger partial charge is 0.196 e. The fourth-order valence-electron chi connectivity index (χ4n) is 3.13. The van der Waals surface area contributed by atoms with Crippen LogP contribution in [0.5, 0.6) is 5.75 Å². The first-order valence-electron chi connectivity index (χ1n) is 9.13. The molecule has 0 atom stereocenters. The molecule has 0 spiro atoms. The zero-order valence-electron chi connectivity index (χ0n) is 14.6. The minimum absolute atomic E-state index is 0.235. The van der Waals surface area contributed by atoms with Crippen molar-refractivity contribution in [2.45, 2.75) is 51.1 Å². The quantitative estimate of drug-likeness (QED) is 0.326. The summed E-state index contributed by atoms with van der Waals surface area (Å²) in [5.74, 6) is 0.984. The Morgan fingerprint density at radius 1 is 1.24 bits per heavy atom. The van der Waals surface area contributed by atoms with E-state index < -0.39 is 0 Å². The van der Waals surface area contributed by atoms with Crippen LogP contribution in [0.4, 0.5) is 5.69 Å². The molecule has 0 bridgehead atoms. The first kappa shape index (κ1) is 17.3. The molecule has 0 aliphatic heterocycles. The van der Waals surface area contributed by atoms with E-state index in [0.29, 0.717) is 18.3 Å². The summed E-state index contributed by atoms with van der Waals surface area (Å²) < 4.78 is 2.06. The van der Waals surface area contributed by atoms with Crippen LogP contribution in [0, 0.1) is 0 Å². The number of hydrogen-bond acceptors (Lipinski definition) is 3. The Hall–Kier alpha value is -2.50. The van der Waals surface area contributed by atoms with Crippen molar-refractivity contribution in [2.24, 2.45) is 4.99 Å². The van der Waals surface area contributed by atoms with Crippen LogP contribution in [0.25, 0.3) is 0 Å². The highest BCUT2D eigenvalue weighted by Crippen LogP contribution is 2.22. The monoisotopic (exact) mass is 341 g/mol. The molecular formula is C19H27N5O. The molecule has 0 saturated heterocycles. The van der Waals surface area contributed by atoms with Crippen molar-refractivity contribution in [3.63, 3.8) is 0 Å². The van der Waals surface area contributed by atoms with E-state index in [1.54, 1.807) is 12.3 Å². The van der Waals surface area contributed by atoms with Gasteiger partial charge in [0, 0.05) is 31.5 Å². The first-order valence-corrected chi connectivity index (χ1v) is 9.13. The van der Waals surface area contributed by atoms with Gasteiger partial charge >= 0.3 is 0 Å². The number of phenols is 1. The third-order valence-corrected chi connectivity index (χ3v) is 4.51. The molecular weight excluding hydrogens is 314 g/mol. The molecule has 134 valence electrons. The van der Waals surface area contributed by atoms with Gasteiger partial charge in [-0.25, -0.2) is 4.98 Å². The van der Waals surface area contributed by atoms with E-state index in [9.17, 15) is 5.11 Å². The zero-order chi connectivity index (χ0) is 17.3. The second-order valence-corrected chi connectivity index (χ2v) is 6.51. The number of aliphatic imine (C=N–C) groups is 1. The van der Waals surface area contributed by atoms with E-state index in [4.69, 9.17) is 4.99 Å². The predicted octanol–water partition coefficient (Wildman–Crippen LogP) is 3.37. The van der Waals surface area contributed by atoms with Crippen LogP contribution in [0.3, 0.4) is 0 Å². The number of rotatable bonds is 6. The summed E-state index contributed by atoms with van der Waals surface area (Å²) in [4.78, 5) is 8.76. The number of nitrogens with one attached hydrogen (secondary N) is 2. The minimum atomic E-state index is 0.235. The summed E-state index contributed by atoms with van der Waals surface area (Å²) in [5.41, 5.74) is 0.680. The highest BCUT2D eigenvalue weighted by Gasteiger charge is 2.15. The van der Waals surface area contributed by atoms with E-state index in [1.165, 1.54) is 32.1 Å². The largest absolute Gasteiger partial charge is 0.506 e. The topological polar surface area (TPSA) is 74.5 Å². The lowest BCUT2D eigenvalue weighted by Crippen LogP contribution is -2.40. The van der Waals surface area contributed by atoms with Crippen molar-refractivity contribution >= 4 is 11.6 Å². The molecule has 6 nitrogen and oxygen atoms in total. The molecule has 0 unspecified atom stereocenters. The lowest BCUT2D eigenvalue weighted by molar-refractivity contribution is 0.413. The summed E-state index contributed by atoms with van der Waals surface area (Å²) in [6.45, 7) is 1.62. The van der Waals surface area contributed by atoms with Crippen LogP contribution in [0.1, 0.15) is 38.5 Å². The number of para-hydroxylation sites is 2. The number of aromatic nitrogens is 2. The maximum absolute atomic E-state index is 10.0. The molecule has 1 heterocycles. The van der Waals surface area contributed by atoms with Gasteiger partial charge in [-0.1, -0.05) is 31.4 Å². The molecule has 6 heteroatoms. The zero-order valence-corrected chi connectivity index (χ0v) is 14.6. The molecule has 1 aromatic heterocycles. The second-order valence-electron chi connectivity index (χ2n) is 6.51. The van der Waals surface area contributed by atoms with Gasteiger partial charge < -0.3 is 20.3 Å². The Bertz CT molecular complexity index is 662. The number of nitrogens with zero attached hydrogens (tertiary/aromatic N) is 3. The van der Waals surface area contributed by atoms with Gasteiger partial charge in [-0.2, -0.15) is 0 Å². The van der Waals surface area contributed by atoms with Gasteiger partial charge in [0.25, 0.3) is 0 Å². The summed E-state index contributed by atoms with van der Waals surface area (Å²) >= 11 is 0. The molecule has 3 N–H and O–H groups in total. The van der Waals surface area contributed by atoms with Crippen molar-refractivity contribution in [3.8, 4) is 5.75 Å². The molecule has 0 amide bonds. The average molecular weight is 341 g/mol. The normalized spacial score (nSPS) is 15.9. The number of phenolic OH excluding ortho intramolecular Hbond substituents is 1. The molecule has 1 aliphatic rings. The van der Waals surface area contributed by atoms with Gasteiger partial charge in [0.1, 0.15) is 5.75 Å². The number of hydrogen-bond donors (Lipinski definition) is 3. The molecule has 1 saturated carbocycles. The third-order valence-electron chi connectivity index (χ3n) is 4.51. The van der Waals surface area contributed by atoms with Gasteiger partial charge in [0.15, 0.2) is 5.96 Å². The maximum atomic E-state index is 10.0. The number of anilines is 1. The molecule has 1 aliphatic carbocycles. The Morgan fingerprint density at radius 2 is 2.08 bits per heavy atom. The van der Waals surface area contributed by atoms with Crippen LogP contribution in [-0.4, -0.2) is 33.2 Å². The van der Waals surface area contributed by atoms with Crippen molar-refractivity contribution in [1.82, 2.24) is 14.9 Å². The summed E-state index contributed by atoms with van der Waals surface area (Å²) in [5, 5.41) is 16.8. The Morgan fingerprint density at radius 3 is 2.84 bits per heavy atom. The lowest BCUT2D eigenvalue weighted by atomic mass is 9.96. The van der Waals surface area contributed by atoms with Gasteiger partial charge in [-0.05, 0) is 31.4 Å². The highest BCUT2D eigenvalue weighted by molar-refractivity contribution is 5.95. The van der Waals surface area contributed by atoms with Crippen molar-refractivity contribution in [3.05, 3.63) is 43.0 Å². The van der Waals surface area contributed by atoms with Gasteiger partial charge in [0.2, 0.25) is 0 Å². The van der Waals surface area contributed by atoms with Crippen LogP contribution < -0.4 is 10.6 Å². The van der Waals surface area contributed by atoms with Crippen LogP contribution in [0.2, 0.25) is 0 Å². The van der Waals surface area contributed by atoms with Crippen molar-refractivity contribution < 1.29 is 5.11 Å². The Labute approximate surface area is 149 Å². The van der Waals surface area contributed by atoms with E-state index in [-0.39, 0.29) is 5.75 Å². The fourth-order valence-corrected chi connectivity index (χ4v) is 3.13. The van der Waals surface area contributed by atoms with E-state index in [1.807, 2.05) is 30.7 Å². The van der Waals surface area contributed by atoms with Gasteiger partial charge in [-0.3, -0.25) is 4.99 Å². The van der Waals surface area contributed by atoms with Crippen LogP contribution in [-0.2, 0) is 6.54 Å². The molecule has 1 aromatic carbocycles. The van der Waals surface area contributed by atoms with E-state index in [2.05, 4.69) is 20.2 Å². The number of benzene rings is 1. The molecule has 0 radical (unpaired) electrons. The van der Waals surface area contributed by atoms with Gasteiger partial charge in [0.05, 0.1) is 12.0 Å². The predicted molar refractivity (Wildman–Crippen MR) is 101 cm³/mol. The SMILES string of the molecule is Oc1ccccc1NC(=NCCCn1ccnc1)NC1CCCCC1. The second kappa shape index (κ2) is 9.11. The van der Waals surface area contributed by atoms with Crippen LogP contribution >= 0.6 is 0 Å². The molecule has 2 aromatic rings. The molecule has 1 fully saturated rings. The molecule has 3 rings (SSSR count). The number of aryl methyl sites for hydroxylation is 1. The Balaban J connectivity index is 1.60. The Kier molecular flexibility index (Phi) is 6.31. The van der Waals surface area contributed by atoms with Crippen molar-refractivity contribution in [1.29, 1.82) is 0 Å². The van der Waals surface area contributed by atoms with E-state index >= 15 is 0 Å². The maximum Gasteiger partial charge on any atom is 0.196 e.